The first-order chi connectivity index (χ1) is 4.35. The Labute approximate surface area is 58.0 Å². The number of rotatable bonds is 3. The summed E-state index contributed by atoms with van der Waals surface area (Å²) in [6.07, 6.45) is 3.93. The first-order valence-corrected chi connectivity index (χ1v) is 4.06. The zero-order chi connectivity index (χ0) is 6.85. The van der Waals surface area contributed by atoms with Crippen molar-refractivity contribution in [1.29, 1.82) is 0 Å². The van der Waals surface area contributed by atoms with Gasteiger partial charge < -0.3 is 0 Å². The van der Waals surface area contributed by atoms with E-state index in [1.54, 1.807) is 11.1 Å². The largest absolute Gasteiger partial charge is 0.0645 e. The maximum absolute atomic E-state index is 2.28. The van der Waals surface area contributed by atoms with Gasteiger partial charge in [0.2, 0.25) is 0 Å². The van der Waals surface area contributed by atoms with E-state index in [-0.39, 0.29) is 0 Å². The molecule has 0 N–H and O–H groups in total. The molecule has 0 aromatic carbocycles. The van der Waals surface area contributed by atoms with Gasteiger partial charge in [0.05, 0.1) is 0 Å². The fourth-order valence-corrected chi connectivity index (χ4v) is 1.82. The topological polar surface area (TPSA) is 0 Å². The summed E-state index contributed by atoms with van der Waals surface area (Å²) >= 11 is 0. The van der Waals surface area contributed by atoms with Crippen LogP contribution in [0.2, 0.25) is 0 Å². The normalized spacial score (nSPS) is 19.0. The van der Waals surface area contributed by atoms with Gasteiger partial charge in [0.15, 0.2) is 0 Å². The summed E-state index contributed by atoms with van der Waals surface area (Å²) < 4.78 is 0. The van der Waals surface area contributed by atoms with Gasteiger partial charge in [0, 0.05) is 5.92 Å². The van der Waals surface area contributed by atoms with Gasteiger partial charge in [0.25, 0.3) is 0 Å². The highest BCUT2D eigenvalue weighted by Gasteiger charge is 2.30. The molecule has 0 saturated heterocycles. The minimum atomic E-state index is 0.931. The molecule has 0 aromatic heterocycles. The highest BCUT2D eigenvalue weighted by molar-refractivity contribution is 5.40. The van der Waals surface area contributed by atoms with E-state index in [0.717, 1.165) is 5.92 Å². The van der Waals surface area contributed by atoms with Crippen LogP contribution in [0.4, 0.5) is 0 Å². The molecule has 1 rings (SSSR count). The van der Waals surface area contributed by atoms with Crippen LogP contribution in [0.15, 0.2) is 11.1 Å². The van der Waals surface area contributed by atoms with E-state index in [2.05, 4.69) is 20.8 Å². The van der Waals surface area contributed by atoms with Crippen LogP contribution < -0.4 is 0 Å². The van der Waals surface area contributed by atoms with Crippen LogP contribution in [0, 0.1) is 5.92 Å². The lowest BCUT2D eigenvalue weighted by atomic mass is 10.2. The van der Waals surface area contributed by atoms with Crippen molar-refractivity contribution in [3.63, 3.8) is 0 Å². The Morgan fingerprint density at radius 2 is 1.44 bits per heavy atom. The smallest absolute Gasteiger partial charge is 0.000989 e. The zero-order valence-corrected chi connectivity index (χ0v) is 6.70. The number of allylic oxidation sites excluding steroid dienone is 2. The molecule has 0 amide bonds. The first-order valence-electron chi connectivity index (χ1n) is 4.06. The van der Waals surface area contributed by atoms with Crippen LogP contribution in [0.1, 0.15) is 40.0 Å². The molecule has 0 fully saturated rings. The fraction of sp³-hybridized carbons (Fsp3) is 0.778. The van der Waals surface area contributed by atoms with E-state index in [4.69, 9.17) is 0 Å². The summed E-state index contributed by atoms with van der Waals surface area (Å²) in [7, 11) is 0. The standard InChI is InChI=1S/C9H16/c1-4-7-8(5-2)9(7)6-3/h7H,4-6H2,1-3H3. The maximum Gasteiger partial charge on any atom is 0.000989 e. The third kappa shape index (κ3) is 1.03. The van der Waals surface area contributed by atoms with Crippen molar-refractivity contribution >= 4 is 0 Å². The summed E-state index contributed by atoms with van der Waals surface area (Å²) in [5.74, 6) is 0.931. The van der Waals surface area contributed by atoms with Crippen LogP contribution in [-0.4, -0.2) is 0 Å². The molecule has 0 nitrogen and oxygen atoms in total. The van der Waals surface area contributed by atoms with Crippen molar-refractivity contribution in [2.75, 3.05) is 0 Å². The Balaban J connectivity index is 2.40. The SMILES string of the molecule is CCC1=C(CC)C1CC. The molecule has 0 unspecified atom stereocenters. The fourth-order valence-electron chi connectivity index (χ4n) is 1.82. The number of hydrogen-bond acceptors (Lipinski definition) is 0. The van der Waals surface area contributed by atoms with Gasteiger partial charge in [-0.2, -0.15) is 0 Å². The molecular formula is C9H16. The van der Waals surface area contributed by atoms with E-state index in [1.165, 1.54) is 19.3 Å². The predicted octanol–water partition coefficient (Wildman–Crippen LogP) is 3.14. The zero-order valence-electron chi connectivity index (χ0n) is 6.70. The van der Waals surface area contributed by atoms with E-state index in [9.17, 15) is 0 Å². The third-order valence-corrected chi connectivity index (χ3v) is 2.34. The minimum Gasteiger partial charge on any atom is -0.0645 e. The molecule has 52 valence electrons. The second kappa shape index (κ2) is 2.55. The van der Waals surface area contributed by atoms with E-state index in [0.29, 0.717) is 0 Å². The first kappa shape index (κ1) is 6.85. The van der Waals surface area contributed by atoms with Gasteiger partial charge in [-0.1, -0.05) is 31.9 Å². The molecule has 1 aliphatic carbocycles. The summed E-state index contributed by atoms with van der Waals surface area (Å²) in [5.41, 5.74) is 3.50. The molecule has 1 aliphatic rings. The summed E-state index contributed by atoms with van der Waals surface area (Å²) in [6.45, 7) is 6.81. The van der Waals surface area contributed by atoms with Crippen molar-refractivity contribution in [1.82, 2.24) is 0 Å². The van der Waals surface area contributed by atoms with Gasteiger partial charge in [-0.25, -0.2) is 0 Å². The van der Waals surface area contributed by atoms with E-state index >= 15 is 0 Å². The second-order valence-electron chi connectivity index (χ2n) is 2.72. The lowest BCUT2D eigenvalue weighted by molar-refractivity contribution is 0.780. The Morgan fingerprint density at radius 1 is 1.00 bits per heavy atom. The lowest BCUT2D eigenvalue weighted by Gasteiger charge is -1.89. The molecule has 0 heteroatoms. The van der Waals surface area contributed by atoms with E-state index in [1.807, 2.05) is 0 Å². The van der Waals surface area contributed by atoms with Gasteiger partial charge in [-0.05, 0) is 19.3 Å². The molecule has 0 spiro atoms. The monoisotopic (exact) mass is 124 g/mol. The van der Waals surface area contributed by atoms with E-state index < -0.39 is 0 Å². The van der Waals surface area contributed by atoms with Crippen molar-refractivity contribution in [3.05, 3.63) is 11.1 Å². The van der Waals surface area contributed by atoms with Crippen molar-refractivity contribution < 1.29 is 0 Å². The maximum atomic E-state index is 2.28. The molecule has 9 heavy (non-hydrogen) atoms. The molecule has 0 atom stereocenters. The molecule has 0 aliphatic heterocycles. The molecule has 0 aromatic rings. The molecule has 0 saturated carbocycles. The minimum absolute atomic E-state index is 0.931. The second-order valence-corrected chi connectivity index (χ2v) is 2.72. The Kier molecular flexibility index (Phi) is 1.94. The number of hydrogen-bond donors (Lipinski definition) is 0. The van der Waals surface area contributed by atoms with Crippen molar-refractivity contribution in [2.24, 2.45) is 5.92 Å². The van der Waals surface area contributed by atoms with Crippen molar-refractivity contribution in [2.45, 2.75) is 40.0 Å². The summed E-state index contributed by atoms with van der Waals surface area (Å²) in [4.78, 5) is 0. The van der Waals surface area contributed by atoms with Crippen molar-refractivity contribution in [3.8, 4) is 0 Å². The third-order valence-electron chi connectivity index (χ3n) is 2.34. The predicted molar refractivity (Wildman–Crippen MR) is 41.4 cm³/mol. The lowest BCUT2D eigenvalue weighted by Crippen LogP contribution is -1.77. The Morgan fingerprint density at radius 3 is 1.56 bits per heavy atom. The van der Waals surface area contributed by atoms with Gasteiger partial charge >= 0.3 is 0 Å². The molecule has 0 bridgehead atoms. The van der Waals surface area contributed by atoms with Crippen LogP contribution in [0.3, 0.4) is 0 Å². The summed E-state index contributed by atoms with van der Waals surface area (Å²) in [6, 6.07) is 0. The highest BCUT2D eigenvalue weighted by atomic mass is 14.4. The van der Waals surface area contributed by atoms with Gasteiger partial charge in [-0.3, -0.25) is 0 Å². The average molecular weight is 124 g/mol. The quantitative estimate of drug-likeness (QED) is 0.507. The van der Waals surface area contributed by atoms with Gasteiger partial charge in [0.1, 0.15) is 0 Å². The molecule has 0 radical (unpaired) electrons. The van der Waals surface area contributed by atoms with Crippen LogP contribution in [0.25, 0.3) is 0 Å². The van der Waals surface area contributed by atoms with Crippen LogP contribution in [0.5, 0.6) is 0 Å². The molecule has 0 heterocycles. The Bertz CT molecular complexity index is 117. The van der Waals surface area contributed by atoms with Crippen LogP contribution >= 0.6 is 0 Å². The summed E-state index contributed by atoms with van der Waals surface area (Å²) in [5, 5.41) is 0. The Hall–Kier alpha value is -0.260. The van der Waals surface area contributed by atoms with Gasteiger partial charge in [-0.15, -0.1) is 0 Å². The average Bonchev–Trinajstić information content (AvgIpc) is 2.59. The van der Waals surface area contributed by atoms with Crippen LogP contribution in [-0.2, 0) is 0 Å². The molecular weight excluding hydrogens is 108 g/mol. The highest BCUT2D eigenvalue weighted by Crippen LogP contribution is 2.45.